The molecule has 15 heavy (non-hydrogen) atoms. The third kappa shape index (κ3) is 4.20. The molecule has 0 aliphatic heterocycles. The van der Waals surface area contributed by atoms with Crippen LogP contribution in [0.3, 0.4) is 0 Å². The van der Waals surface area contributed by atoms with Crippen molar-refractivity contribution in [3.63, 3.8) is 0 Å². The lowest BCUT2D eigenvalue weighted by molar-refractivity contribution is -0.134. The van der Waals surface area contributed by atoms with Crippen LogP contribution < -0.4 is 5.32 Å². The molecule has 2 atom stereocenters. The molecule has 2 unspecified atom stereocenters. The fourth-order valence-corrected chi connectivity index (χ4v) is 1.69. The van der Waals surface area contributed by atoms with Gasteiger partial charge in [-0.15, -0.1) is 0 Å². The Balaban J connectivity index is 4.43. The van der Waals surface area contributed by atoms with Crippen molar-refractivity contribution in [1.29, 1.82) is 0 Å². The Morgan fingerprint density at radius 1 is 1.33 bits per heavy atom. The summed E-state index contributed by atoms with van der Waals surface area (Å²) in [5.41, 5.74) is -0.480. The first kappa shape index (κ1) is 14.4. The predicted octanol–water partition coefficient (Wildman–Crippen LogP) is 1.88. The van der Waals surface area contributed by atoms with Gasteiger partial charge in [0.2, 0.25) is 5.91 Å². The second-order valence-electron chi connectivity index (χ2n) is 5.14. The van der Waals surface area contributed by atoms with Gasteiger partial charge in [0, 0.05) is 20.1 Å². The van der Waals surface area contributed by atoms with E-state index in [0.29, 0.717) is 12.0 Å². The number of rotatable bonds is 5. The first-order valence-electron chi connectivity index (χ1n) is 5.71. The standard InChI is InChI=1S/C12H26N2O/c1-8-9(2)10(3)13-12(4,5)11(15)14(6)7/h9-10,13H,8H2,1-7H3. The van der Waals surface area contributed by atoms with Crippen molar-refractivity contribution in [2.75, 3.05) is 14.1 Å². The number of nitrogens with zero attached hydrogens (tertiary/aromatic N) is 1. The minimum absolute atomic E-state index is 0.123. The first-order valence-corrected chi connectivity index (χ1v) is 5.71. The minimum Gasteiger partial charge on any atom is -0.347 e. The molecule has 0 aliphatic rings. The topological polar surface area (TPSA) is 32.3 Å². The number of amides is 1. The van der Waals surface area contributed by atoms with Gasteiger partial charge in [-0.2, -0.15) is 0 Å². The van der Waals surface area contributed by atoms with Gasteiger partial charge in [-0.3, -0.25) is 4.79 Å². The van der Waals surface area contributed by atoms with Crippen LogP contribution in [-0.4, -0.2) is 36.5 Å². The number of hydrogen-bond donors (Lipinski definition) is 1. The van der Waals surface area contributed by atoms with E-state index < -0.39 is 5.54 Å². The monoisotopic (exact) mass is 214 g/mol. The molecule has 0 spiro atoms. The van der Waals surface area contributed by atoms with Crippen LogP contribution in [0.25, 0.3) is 0 Å². The summed E-state index contributed by atoms with van der Waals surface area (Å²) in [5, 5.41) is 3.40. The zero-order valence-corrected chi connectivity index (χ0v) is 11.2. The highest BCUT2D eigenvalue weighted by Gasteiger charge is 2.31. The molecular formula is C12H26N2O. The average molecular weight is 214 g/mol. The van der Waals surface area contributed by atoms with Crippen molar-refractivity contribution in [2.24, 2.45) is 5.92 Å². The molecule has 0 heterocycles. The molecule has 0 aromatic heterocycles. The van der Waals surface area contributed by atoms with Gasteiger partial charge in [0.1, 0.15) is 0 Å². The lowest BCUT2D eigenvalue weighted by Gasteiger charge is -2.33. The molecular weight excluding hydrogens is 188 g/mol. The second kappa shape index (κ2) is 5.50. The predicted molar refractivity (Wildman–Crippen MR) is 64.8 cm³/mol. The Labute approximate surface area is 94.2 Å². The van der Waals surface area contributed by atoms with E-state index in [0.717, 1.165) is 6.42 Å². The van der Waals surface area contributed by atoms with E-state index in [-0.39, 0.29) is 5.91 Å². The summed E-state index contributed by atoms with van der Waals surface area (Å²) in [6.07, 6.45) is 1.13. The number of carbonyl (C=O) groups is 1. The summed E-state index contributed by atoms with van der Waals surface area (Å²) in [5.74, 6) is 0.705. The molecule has 3 nitrogen and oxygen atoms in total. The SMILES string of the molecule is CCC(C)C(C)NC(C)(C)C(=O)N(C)C. The van der Waals surface area contributed by atoms with Crippen molar-refractivity contribution >= 4 is 5.91 Å². The van der Waals surface area contributed by atoms with Gasteiger partial charge in [0.15, 0.2) is 0 Å². The Morgan fingerprint density at radius 2 is 1.80 bits per heavy atom. The number of hydrogen-bond acceptors (Lipinski definition) is 2. The van der Waals surface area contributed by atoms with E-state index in [4.69, 9.17) is 0 Å². The van der Waals surface area contributed by atoms with Crippen molar-refractivity contribution in [3.05, 3.63) is 0 Å². The average Bonchev–Trinajstić information content (AvgIpc) is 2.14. The van der Waals surface area contributed by atoms with Crippen molar-refractivity contribution in [2.45, 2.75) is 52.6 Å². The zero-order chi connectivity index (χ0) is 12.2. The molecule has 90 valence electrons. The highest BCUT2D eigenvalue weighted by molar-refractivity contribution is 5.85. The number of likely N-dealkylation sites (N-methyl/N-ethyl adjacent to an activating group) is 1. The van der Waals surface area contributed by atoms with Crippen molar-refractivity contribution in [3.8, 4) is 0 Å². The highest BCUT2D eigenvalue weighted by Crippen LogP contribution is 2.13. The lowest BCUT2D eigenvalue weighted by Crippen LogP contribution is -2.56. The van der Waals surface area contributed by atoms with Gasteiger partial charge in [0.05, 0.1) is 5.54 Å². The van der Waals surface area contributed by atoms with Crippen molar-refractivity contribution < 1.29 is 4.79 Å². The Hall–Kier alpha value is -0.570. The van der Waals surface area contributed by atoms with Crippen LogP contribution in [0.2, 0.25) is 0 Å². The molecule has 0 fully saturated rings. The van der Waals surface area contributed by atoms with Crippen LogP contribution in [0.5, 0.6) is 0 Å². The zero-order valence-electron chi connectivity index (χ0n) is 11.2. The maximum Gasteiger partial charge on any atom is 0.241 e. The maximum absolute atomic E-state index is 11.9. The molecule has 0 rings (SSSR count). The van der Waals surface area contributed by atoms with Crippen molar-refractivity contribution in [1.82, 2.24) is 10.2 Å². The first-order chi connectivity index (χ1) is 6.72. The summed E-state index contributed by atoms with van der Waals surface area (Å²) in [4.78, 5) is 13.5. The molecule has 0 bridgehead atoms. The van der Waals surface area contributed by atoms with E-state index in [1.807, 2.05) is 13.8 Å². The van der Waals surface area contributed by atoms with Crippen LogP contribution in [0.1, 0.15) is 41.0 Å². The third-order valence-electron chi connectivity index (χ3n) is 3.03. The Bertz CT molecular complexity index is 212. The quantitative estimate of drug-likeness (QED) is 0.758. The maximum atomic E-state index is 11.9. The van der Waals surface area contributed by atoms with Crippen LogP contribution >= 0.6 is 0 Å². The molecule has 0 saturated heterocycles. The molecule has 1 N–H and O–H groups in total. The van der Waals surface area contributed by atoms with Crippen LogP contribution in [-0.2, 0) is 4.79 Å². The summed E-state index contributed by atoms with van der Waals surface area (Å²) in [6, 6.07) is 0.355. The Kier molecular flexibility index (Phi) is 5.29. The molecule has 0 radical (unpaired) electrons. The van der Waals surface area contributed by atoms with Gasteiger partial charge < -0.3 is 10.2 Å². The molecule has 0 aliphatic carbocycles. The molecule has 3 heteroatoms. The summed E-state index contributed by atoms with van der Waals surface area (Å²) in [6.45, 7) is 10.4. The van der Waals surface area contributed by atoms with E-state index in [2.05, 4.69) is 26.1 Å². The van der Waals surface area contributed by atoms with Gasteiger partial charge in [-0.25, -0.2) is 0 Å². The molecule has 1 amide bonds. The second-order valence-corrected chi connectivity index (χ2v) is 5.14. The molecule has 0 aromatic carbocycles. The van der Waals surface area contributed by atoms with Gasteiger partial charge >= 0.3 is 0 Å². The fraction of sp³-hybridized carbons (Fsp3) is 0.917. The Morgan fingerprint density at radius 3 is 2.13 bits per heavy atom. The molecule has 0 aromatic rings. The summed E-state index contributed by atoms with van der Waals surface area (Å²) < 4.78 is 0. The summed E-state index contributed by atoms with van der Waals surface area (Å²) >= 11 is 0. The lowest BCUT2D eigenvalue weighted by atomic mass is 9.95. The van der Waals surface area contributed by atoms with E-state index in [1.54, 1.807) is 19.0 Å². The van der Waals surface area contributed by atoms with E-state index in [1.165, 1.54) is 0 Å². The van der Waals surface area contributed by atoms with Crippen LogP contribution in [0.4, 0.5) is 0 Å². The minimum atomic E-state index is -0.480. The fourth-order valence-electron chi connectivity index (χ4n) is 1.69. The third-order valence-corrected chi connectivity index (χ3v) is 3.03. The largest absolute Gasteiger partial charge is 0.347 e. The van der Waals surface area contributed by atoms with E-state index in [9.17, 15) is 4.79 Å². The van der Waals surface area contributed by atoms with Crippen LogP contribution in [0, 0.1) is 5.92 Å². The highest BCUT2D eigenvalue weighted by atomic mass is 16.2. The summed E-state index contributed by atoms with van der Waals surface area (Å²) in [7, 11) is 3.58. The normalized spacial score (nSPS) is 15.9. The molecule has 0 saturated carbocycles. The van der Waals surface area contributed by atoms with Gasteiger partial charge in [-0.05, 0) is 26.7 Å². The van der Waals surface area contributed by atoms with E-state index >= 15 is 0 Å². The number of nitrogens with one attached hydrogen (secondary N) is 1. The van der Waals surface area contributed by atoms with Gasteiger partial charge in [0.25, 0.3) is 0 Å². The van der Waals surface area contributed by atoms with Crippen LogP contribution in [0.15, 0.2) is 0 Å². The smallest absolute Gasteiger partial charge is 0.241 e. The van der Waals surface area contributed by atoms with Gasteiger partial charge in [-0.1, -0.05) is 20.3 Å². The number of carbonyl (C=O) groups excluding carboxylic acids is 1.